The molecule has 0 saturated carbocycles. The molecular formula is C16H16FN3O3S. The first kappa shape index (κ1) is 17.5. The molecule has 0 atom stereocenters. The number of hydrogen-bond acceptors (Lipinski definition) is 4. The number of hydrazine groups is 1. The molecule has 24 heavy (non-hydrogen) atoms. The maximum Gasteiger partial charge on any atom is 0.269 e. The molecule has 0 aromatic heterocycles. The zero-order chi connectivity index (χ0) is 17.5. The molecule has 0 bridgehead atoms. The summed E-state index contributed by atoms with van der Waals surface area (Å²) in [6.07, 6.45) is 0. The van der Waals surface area contributed by atoms with Gasteiger partial charge in [0, 0.05) is 17.3 Å². The molecule has 3 N–H and O–H groups in total. The van der Waals surface area contributed by atoms with Gasteiger partial charge >= 0.3 is 0 Å². The van der Waals surface area contributed by atoms with Crippen molar-refractivity contribution < 1.29 is 18.7 Å². The van der Waals surface area contributed by atoms with Crippen LogP contribution in [0.3, 0.4) is 0 Å². The van der Waals surface area contributed by atoms with Gasteiger partial charge in [-0.05, 0) is 48.6 Å². The largest absolute Gasteiger partial charge is 0.497 e. The van der Waals surface area contributed by atoms with Crippen molar-refractivity contribution in [3.8, 4) is 11.5 Å². The Labute approximate surface area is 143 Å². The lowest BCUT2D eigenvalue weighted by Crippen LogP contribution is -2.43. The number of carbonyl (C=O) groups excluding carboxylic acids is 1. The topological polar surface area (TPSA) is 71.6 Å². The Balaban J connectivity index is 1.94. The number of benzene rings is 2. The van der Waals surface area contributed by atoms with Gasteiger partial charge in [-0.25, -0.2) is 4.39 Å². The number of amides is 1. The van der Waals surface area contributed by atoms with Crippen LogP contribution in [0.1, 0.15) is 10.4 Å². The lowest BCUT2D eigenvalue weighted by molar-refractivity contribution is 0.0943. The number of carbonyl (C=O) groups is 1. The molecule has 6 nitrogen and oxygen atoms in total. The SMILES string of the molecule is COc1cc(OC)cc(C(=O)NNC(=S)Nc2ccc(F)cc2)c1. The van der Waals surface area contributed by atoms with Crippen molar-refractivity contribution in [2.75, 3.05) is 19.5 Å². The van der Waals surface area contributed by atoms with Crippen molar-refractivity contribution in [3.63, 3.8) is 0 Å². The molecule has 0 radical (unpaired) electrons. The van der Waals surface area contributed by atoms with Crippen molar-refractivity contribution in [2.24, 2.45) is 0 Å². The molecule has 0 aliphatic carbocycles. The molecule has 0 spiro atoms. The summed E-state index contributed by atoms with van der Waals surface area (Å²) in [5.74, 6) is 0.216. The maximum absolute atomic E-state index is 12.8. The van der Waals surface area contributed by atoms with Crippen molar-refractivity contribution in [1.29, 1.82) is 0 Å². The summed E-state index contributed by atoms with van der Waals surface area (Å²) in [6, 6.07) is 10.4. The number of nitrogens with one attached hydrogen (secondary N) is 3. The number of thiocarbonyl (C=S) groups is 1. The zero-order valence-electron chi connectivity index (χ0n) is 13.1. The predicted octanol–water partition coefficient (Wildman–Crippen LogP) is 2.47. The van der Waals surface area contributed by atoms with E-state index in [1.807, 2.05) is 0 Å². The first-order valence-electron chi connectivity index (χ1n) is 6.88. The molecule has 0 aliphatic heterocycles. The van der Waals surface area contributed by atoms with Gasteiger partial charge in [0.05, 0.1) is 14.2 Å². The number of methoxy groups -OCH3 is 2. The summed E-state index contributed by atoms with van der Waals surface area (Å²) in [6.45, 7) is 0. The van der Waals surface area contributed by atoms with Gasteiger partial charge in [0.25, 0.3) is 5.91 Å². The summed E-state index contributed by atoms with van der Waals surface area (Å²) in [4.78, 5) is 12.2. The van der Waals surface area contributed by atoms with Crippen molar-refractivity contribution >= 4 is 28.9 Å². The number of hydrogen-bond donors (Lipinski definition) is 3. The highest BCUT2D eigenvalue weighted by atomic mass is 32.1. The third kappa shape index (κ3) is 4.82. The monoisotopic (exact) mass is 349 g/mol. The molecular weight excluding hydrogens is 333 g/mol. The second kappa shape index (κ2) is 8.11. The highest BCUT2D eigenvalue weighted by molar-refractivity contribution is 7.80. The standard InChI is InChI=1S/C16H16FN3O3S/c1-22-13-7-10(8-14(9-13)23-2)15(21)19-20-16(24)18-12-5-3-11(17)4-6-12/h3-9H,1-2H3,(H,19,21)(H2,18,20,24). The Morgan fingerprint density at radius 3 is 2.12 bits per heavy atom. The Kier molecular flexibility index (Phi) is 5.91. The average Bonchev–Trinajstić information content (AvgIpc) is 2.61. The van der Waals surface area contributed by atoms with E-state index >= 15 is 0 Å². The molecule has 0 aliphatic rings. The highest BCUT2D eigenvalue weighted by Gasteiger charge is 2.10. The second-order valence-corrected chi connectivity index (χ2v) is 5.05. The van der Waals surface area contributed by atoms with Crippen LogP contribution in [0.15, 0.2) is 42.5 Å². The van der Waals surface area contributed by atoms with Crippen LogP contribution in [-0.4, -0.2) is 25.2 Å². The zero-order valence-corrected chi connectivity index (χ0v) is 13.9. The van der Waals surface area contributed by atoms with E-state index in [0.717, 1.165) is 0 Å². The van der Waals surface area contributed by atoms with E-state index in [2.05, 4.69) is 16.2 Å². The maximum atomic E-state index is 12.8. The van der Waals surface area contributed by atoms with Gasteiger partial charge in [-0.1, -0.05) is 0 Å². The van der Waals surface area contributed by atoms with E-state index in [-0.39, 0.29) is 10.9 Å². The third-order valence-electron chi connectivity index (χ3n) is 3.01. The van der Waals surface area contributed by atoms with E-state index in [0.29, 0.717) is 22.7 Å². The fourth-order valence-electron chi connectivity index (χ4n) is 1.82. The van der Waals surface area contributed by atoms with E-state index in [1.165, 1.54) is 38.5 Å². The summed E-state index contributed by atoms with van der Waals surface area (Å²) in [5, 5.41) is 2.97. The Hall–Kier alpha value is -2.87. The van der Waals surface area contributed by atoms with Crippen molar-refractivity contribution in [1.82, 2.24) is 10.9 Å². The highest BCUT2D eigenvalue weighted by Crippen LogP contribution is 2.22. The first-order valence-corrected chi connectivity index (χ1v) is 7.28. The molecule has 1 amide bonds. The number of ether oxygens (including phenoxy) is 2. The van der Waals surface area contributed by atoms with Crippen LogP contribution in [0.2, 0.25) is 0 Å². The fraction of sp³-hybridized carbons (Fsp3) is 0.125. The molecule has 0 unspecified atom stereocenters. The number of halogens is 1. The smallest absolute Gasteiger partial charge is 0.269 e. The quantitative estimate of drug-likeness (QED) is 0.582. The van der Waals surface area contributed by atoms with Crippen LogP contribution < -0.4 is 25.6 Å². The molecule has 126 valence electrons. The Morgan fingerprint density at radius 1 is 1.00 bits per heavy atom. The minimum absolute atomic E-state index is 0.157. The molecule has 2 aromatic carbocycles. The van der Waals surface area contributed by atoms with Crippen LogP contribution in [0.4, 0.5) is 10.1 Å². The summed E-state index contributed by atoms with van der Waals surface area (Å²) >= 11 is 5.05. The number of rotatable bonds is 4. The van der Waals surface area contributed by atoms with Crippen LogP contribution in [-0.2, 0) is 0 Å². The van der Waals surface area contributed by atoms with Gasteiger partial charge in [-0.3, -0.25) is 15.6 Å². The summed E-state index contributed by atoms with van der Waals surface area (Å²) in [7, 11) is 2.99. The van der Waals surface area contributed by atoms with E-state index in [1.54, 1.807) is 18.2 Å². The second-order valence-electron chi connectivity index (χ2n) is 4.64. The minimum atomic E-state index is -0.421. The lowest BCUT2D eigenvalue weighted by Gasteiger charge is -2.12. The Morgan fingerprint density at radius 2 is 1.58 bits per heavy atom. The van der Waals surface area contributed by atoms with Gasteiger partial charge in [0.15, 0.2) is 5.11 Å². The lowest BCUT2D eigenvalue weighted by atomic mass is 10.2. The molecule has 8 heteroatoms. The molecule has 0 saturated heterocycles. The van der Waals surface area contributed by atoms with Crippen LogP contribution in [0.5, 0.6) is 11.5 Å². The van der Waals surface area contributed by atoms with Gasteiger partial charge in [-0.15, -0.1) is 0 Å². The van der Waals surface area contributed by atoms with Gasteiger partial charge in [0.2, 0.25) is 0 Å². The van der Waals surface area contributed by atoms with Crippen LogP contribution in [0.25, 0.3) is 0 Å². The summed E-state index contributed by atoms with van der Waals surface area (Å²) in [5.41, 5.74) is 5.94. The molecule has 0 fully saturated rings. The van der Waals surface area contributed by atoms with Crippen LogP contribution in [0, 0.1) is 5.82 Å². The van der Waals surface area contributed by atoms with Crippen molar-refractivity contribution in [2.45, 2.75) is 0 Å². The van der Waals surface area contributed by atoms with E-state index < -0.39 is 5.91 Å². The molecule has 0 heterocycles. The number of anilines is 1. The summed E-state index contributed by atoms with van der Waals surface area (Å²) < 4.78 is 23.1. The van der Waals surface area contributed by atoms with E-state index in [9.17, 15) is 9.18 Å². The molecule has 2 aromatic rings. The predicted molar refractivity (Wildman–Crippen MR) is 92.8 cm³/mol. The Bertz CT molecular complexity index is 716. The van der Waals surface area contributed by atoms with Crippen LogP contribution >= 0.6 is 12.2 Å². The van der Waals surface area contributed by atoms with Gasteiger partial charge in [0.1, 0.15) is 17.3 Å². The fourth-order valence-corrected chi connectivity index (χ4v) is 1.99. The van der Waals surface area contributed by atoms with Gasteiger partial charge in [-0.2, -0.15) is 0 Å². The first-order chi connectivity index (χ1) is 11.5. The van der Waals surface area contributed by atoms with Crippen molar-refractivity contribution in [3.05, 3.63) is 53.8 Å². The normalized spacial score (nSPS) is 9.79. The van der Waals surface area contributed by atoms with Gasteiger partial charge < -0.3 is 14.8 Å². The third-order valence-corrected chi connectivity index (χ3v) is 3.21. The minimum Gasteiger partial charge on any atom is -0.497 e. The van der Waals surface area contributed by atoms with E-state index in [4.69, 9.17) is 21.7 Å². The molecule has 2 rings (SSSR count). The average molecular weight is 349 g/mol.